The Labute approximate surface area is 174 Å². The molecule has 1 aromatic heterocycles. The highest BCUT2D eigenvalue weighted by Gasteiger charge is 2.22. The molecule has 1 heterocycles. The van der Waals surface area contributed by atoms with Gasteiger partial charge in [-0.2, -0.15) is 0 Å². The maximum Gasteiger partial charge on any atom is 0.229 e. The zero-order chi connectivity index (χ0) is 21.2. The number of anilines is 1. The summed E-state index contributed by atoms with van der Waals surface area (Å²) in [6.45, 7) is 7.42. The first-order valence-corrected chi connectivity index (χ1v) is 10.2. The number of hydrogen-bond donors (Lipinski definition) is 2. The molecule has 3 rings (SSSR count). The number of imidazole rings is 1. The van der Waals surface area contributed by atoms with Crippen LogP contribution in [0.5, 0.6) is 5.75 Å². The van der Waals surface area contributed by atoms with Crippen LogP contribution in [0, 0.1) is 5.41 Å². The molecule has 0 aliphatic heterocycles. The smallest absolute Gasteiger partial charge is 0.229 e. The van der Waals surface area contributed by atoms with Gasteiger partial charge in [0.1, 0.15) is 5.75 Å². The van der Waals surface area contributed by atoms with Gasteiger partial charge in [0.2, 0.25) is 5.91 Å². The lowest BCUT2D eigenvalue weighted by Gasteiger charge is -2.17. The molecule has 29 heavy (non-hydrogen) atoms. The van der Waals surface area contributed by atoms with Crippen LogP contribution in [0.25, 0.3) is 11.0 Å². The summed E-state index contributed by atoms with van der Waals surface area (Å²) in [6.07, 6.45) is 0. The van der Waals surface area contributed by atoms with Gasteiger partial charge in [-0.15, -0.1) is 0 Å². The van der Waals surface area contributed by atoms with Crippen LogP contribution in [0.15, 0.2) is 47.6 Å². The third-order valence-corrected chi connectivity index (χ3v) is 5.42. The molecule has 3 aromatic rings. The zero-order valence-electron chi connectivity index (χ0n) is 17.2. The van der Waals surface area contributed by atoms with Crippen LogP contribution >= 0.6 is 11.8 Å². The van der Waals surface area contributed by atoms with Gasteiger partial charge in [0.15, 0.2) is 10.9 Å². The highest BCUT2D eigenvalue weighted by molar-refractivity contribution is 8.00. The van der Waals surface area contributed by atoms with Crippen molar-refractivity contribution in [3.63, 3.8) is 0 Å². The van der Waals surface area contributed by atoms with Crippen molar-refractivity contribution in [1.29, 1.82) is 0 Å². The van der Waals surface area contributed by atoms with Crippen molar-refractivity contribution in [2.45, 2.75) is 38.1 Å². The number of nitrogens with zero attached hydrogens (tertiary/aromatic N) is 1. The minimum atomic E-state index is -0.476. The number of Topliss-reactive ketones (excluding diaryl/α,β-unsaturated/α-hetero) is 1. The number of benzene rings is 2. The molecule has 0 spiro atoms. The summed E-state index contributed by atoms with van der Waals surface area (Å²) in [6, 6.07) is 12.6. The van der Waals surface area contributed by atoms with Crippen LogP contribution in [0.2, 0.25) is 0 Å². The summed E-state index contributed by atoms with van der Waals surface area (Å²) in [5.41, 5.74) is 2.48. The van der Waals surface area contributed by atoms with Gasteiger partial charge < -0.3 is 15.0 Å². The molecule has 152 valence electrons. The first kappa shape index (κ1) is 20.9. The van der Waals surface area contributed by atoms with Gasteiger partial charge in [0, 0.05) is 22.7 Å². The van der Waals surface area contributed by atoms with E-state index in [9.17, 15) is 9.59 Å². The van der Waals surface area contributed by atoms with E-state index in [1.807, 2.05) is 45.9 Å². The summed E-state index contributed by atoms with van der Waals surface area (Å²) >= 11 is 1.38. The molecule has 1 amide bonds. The van der Waals surface area contributed by atoms with Crippen molar-refractivity contribution in [2.24, 2.45) is 5.41 Å². The number of methoxy groups -OCH3 is 1. The lowest BCUT2D eigenvalue weighted by Crippen LogP contribution is -2.27. The Morgan fingerprint density at radius 2 is 1.83 bits per heavy atom. The first-order chi connectivity index (χ1) is 13.7. The Bertz CT molecular complexity index is 1040. The van der Waals surface area contributed by atoms with Crippen LogP contribution in [0.4, 0.5) is 5.69 Å². The average molecular weight is 412 g/mol. The number of fused-ring (bicyclic) bond motifs is 1. The van der Waals surface area contributed by atoms with Crippen LogP contribution in [-0.4, -0.2) is 34.0 Å². The first-order valence-electron chi connectivity index (χ1n) is 9.33. The molecular weight excluding hydrogens is 386 g/mol. The number of H-pyrrole nitrogens is 1. The van der Waals surface area contributed by atoms with E-state index in [2.05, 4.69) is 15.3 Å². The number of carbonyl (C=O) groups is 2. The number of amides is 1. The van der Waals surface area contributed by atoms with Gasteiger partial charge in [0.25, 0.3) is 0 Å². The second-order valence-electron chi connectivity index (χ2n) is 7.83. The monoisotopic (exact) mass is 411 g/mol. The van der Waals surface area contributed by atoms with Crippen LogP contribution in [0.1, 0.15) is 38.1 Å². The van der Waals surface area contributed by atoms with Crippen LogP contribution < -0.4 is 10.1 Å². The molecule has 0 radical (unpaired) electrons. The van der Waals surface area contributed by atoms with E-state index in [-0.39, 0.29) is 16.9 Å². The topological polar surface area (TPSA) is 84.1 Å². The fourth-order valence-corrected chi connectivity index (χ4v) is 3.54. The molecule has 2 aromatic carbocycles. The average Bonchev–Trinajstić information content (AvgIpc) is 3.08. The molecule has 6 nitrogen and oxygen atoms in total. The molecule has 0 saturated carbocycles. The lowest BCUT2D eigenvalue weighted by molar-refractivity contribution is -0.123. The van der Waals surface area contributed by atoms with E-state index in [1.54, 1.807) is 31.4 Å². The number of hydrogen-bond acceptors (Lipinski definition) is 5. The summed E-state index contributed by atoms with van der Waals surface area (Å²) in [5, 5.41) is 3.23. The third-order valence-electron chi connectivity index (χ3n) is 4.43. The van der Waals surface area contributed by atoms with E-state index in [1.165, 1.54) is 11.8 Å². The number of aromatic amines is 1. The van der Waals surface area contributed by atoms with Crippen molar-refractivity contribution in [3.8, 4) is 5.75 Å². The van der Waals surface area contributed by atoms with E-state index >= 15 is 0 Å². The maximum absolute atomic E-state index is 12.8. The summed E-state index contributed by atoms with van der Waals surface area (Å²) in [5.74, 6) is 0.684. The molecule has 0 bridgehead atoms. The largest absolute Gasteiger partial charge is 0.497 e. The van der Waals surface area contributed by atoms with Crippen molar-refractivity contribution >= 4 is 40.2 Å². The van der Waals surface area contributed by atoms with Crippen LogP contribution in [0.3, 0.4) is 0 Å². The van der Waals surface area contributed by atoms with Crippen molar-refractivity contribution in [1.82, 2.24) is 9.97 Å². The fraction of sp³-hybridized carbons (Fsp3) is 0.318. The van der Waals surface area contributed by atoms with Gasteiger partial charge in [-0.25, -0.2) is 4.98 Å². The van der Waals surface area contributed by atoms with Crippen molar-refractivity contribution in [2.75, 3.05) is 12.4 Å². The highest BCUT2D eigenvalue weighted by atomic mass is 32.2. The van der Waals surface area contributed by atoms with Crippen molar-refractivity contribution < 1.29 is 14.3 Å². The minimum Gasteiger partial charge on any atom is -0.497 e. The standard InChI is InChI=1S/C22H25N3O3S/c1-13(29-21-24-17-11-10-16(28-5)12-18(17)25-21)19(26)14-6-8-15(9-7-14)23-20(27)22(2,3)4/h6-13H,1-5H3,(H,23,27)(H,24,25). The van der Waals surface area contributed by atoms with E-state index in [0.29, 0.717) is 16.4 Å². The lowest BCUT2D eigenvalue weighted by atomic mass is 9.95. The molecule has 1 atom stereocenters. The van der Waals surface area contributed by atoms with Crippen LogP contribution in [-0.2, 0) is 4.79 Å². The second-order valence-corrected chi connectivity index (χ2v) is 9.16. The molecule has 1 unspecified atom stereocenters. The van der Waals surface area contributed by atoms with Gasteiger partial charge in [-0.1, -0.05) is 32.5 Å². The number of carbonyl (C=O) groups excluding carboxylic acids is 2. The zero-order valence-corrected chi connectivity index (χ0v) is 18.0. The number of aromatic nitrogens is 2. The predicted molar refractivity (Wildman–Crippen MR) is 117 cm³/mol. The van der Waals surface area contributed by atoms with Gasteiger partial charge >= 0.3 is 0 Å². The van der Waals surface area contributed by atoms with E-state index < -0.39 is 5.41 Å². The van der Waals surface area contributed by atoms with Gasteiger partial charge in [0.05, 0.1) is 23.4 Å². The number of thioether (sulfide) groups is 1. The minimum absolute atomic E-state index is 0.00161. The Balaban J connectivity index is 1.67. The summed E-state index contributed by atoms with van der Waals surface area (Å²) in [7, 11) is 1.62. The molecule has 2 N–H and O–H groups in total. The fourth-order valence-electron chi connectivity index (χ4n) is 2.64. The van der Waals surface area contributed by atoms with Gasteiger partial charge in [-0.3, -0.25) is 9.59 Å². The van der Waals surface area contributed by atoms with Crippen molar-refractivity contribution in [3.05, 3.63) is 48.0 Å². The Kier molecular flexibility index (Phi) is 5.98. The summed E-state index contributed by atoms with van der Waals surface area (Å²) < 4.78 is 5.23. The quantitative estimate of drug-likeness (QED) is 0.444. The SMILES string of the molecule is COc1ccc2nc(SC(C)C(=O)c3ccc(NC(=O)C(C)(C)C)cc3)[nH]c2c1. The normalized spacial score (nSPS) is 12.6. The molecule has 0 aliphatic carbocycles. The maximum atomic E-state index is 12.8. The summed E-state index contributed by atoms with van der Waals surface area (Å²) in [4.78, 5) is 32.6. The number of ether oxygens (including phenoxy) is 1. The molecule has 0 saturated heterocycles. The molecular formula is C22H25N3O3S. The van der Waals surface area contributed by atoms with E-state index in [4.69, 9.17) is 4.74 Å². The second kappa shape index (κ2) is 8.29. The Morgan fingerprint density at radius 3 is 2.45 bits per heavy atom. The number of rotatable bonds is 6. The van der Waals surface area contributed by atoms with E-state index in [0.717, 1.165) is 16.8 Å². The predicted octanol–water partition coefficient (Wildman–Crippen LogP) is 4.92. The number of nitrogens with one attached hydrogen (secondary N) is 2. The van der Waals surface area contributed by atoms with Gasteiger partial charge in [-0.05, 0) is 43.3 Å². The third kappa shape index (κ3) is 4.98. The Morgan fingerprint density at radius 1 is 1.14 bits per heavy atom. The Hall–Kier alpha value is -2.80. The molecule has 0 aliphatic rings. The molecule has 0 fully saturated rings. The molecule has 7 heteroatoms. The highest BCUT2D eigenvalue weighted by Crippen LogP contribution is 2.27. The number of ketones is 1.